The van der Waals surface area contributed by atoms with Gasteiger partial charge in [-0.3, -0.25) is 0 Å². The zero-order chi connectivity index (χ0) is 11.6. The Hall–Kier alpha value is -1.31. The first-order valence-electron chi connectivity index (χ1n) is 3.49. The van der Waals surface area contributed by atoms with Crippen LogP contribution in [0.15, 0.2) is 18.2 Å². The van der Waals surface area contributed by atoms with E-state index in [1.807, 2.05) is 0 Å². The molecule has 0 aliphatic heterocycles. The molecule has 0 radical (unpaired) electrons. The number of benzene rings is 1. The zero-order valence-electron chi connectivity index (χ0n) is 6.95. The summed E-state index contributed by atoms with van der Waals surface area (Å²) in [6.45, 7) is 0. The van der Waals surface area contributed by atoms with Crippen LogP contribution in [0, 0.1) is 11.6 Å². The summed E-state index contributed by atoms with van der Waals surface area (Å²) in [5.74, 6) is -7.12. The highest BCUT2D eigenvalue weighted by Gasteiger charge is 2.27. The van der Waals surface area contributed by atoms with Crippen molar-refractivity contribution in [1.82, 2.24) is 0 Å². The number of rotatable bonds is 3. The van der Waals surface area contributed by atoms with Crippen molar-refractivity contribution in [2.45, 2.75) is 5.76 Å². The summed E-state index contributed by atoms with van der Waals surface area (Å²) in [6.07, 6.45) is 0. The van der Waals surface area contributed by atoms with Crippen LogP contribution in [0.1, 0.15) is 0 Å². The largest absolute Gasteiger partial charge is 0.375 e. The van der Waals surface area contributed by atoms with Crippen molar-refractivity contribution in [3.63, 3.8) is 0 Å². The van der Waals surface area contributed by atoms with Gasteiger partial charge in [0, 0.05) is 6.07 Å². The molecule has 0 unspecified atom stereocenters. The van der Waals surface area contributed by atoms with Gasteiger partial charge in [0.2, 0.25) is 0 Å². The average Bonchev–Trinajstić information content (AvgIpc) is 2.09. The number of hydrogen-bond donors (Lipinski definition) is 0. The van der Waals surface area contributed by atoms with E-state index in [0.29, 0.717) is 18.2 Å². The van der Waals surface area contributed by atoms with E-state index in [1.165, 1.54) is 0 Å². The van der Waals surface area contributed by atoms with Gasteiger partial charge in [-0.1, -0.05) is 0 Å². The smallest absolute Gasteiger partial charge is 0.373 e. The number of hydrogen-bond acceptors (Lipinski definition) is 3. The molecular formula is C7H4F4O3S. The van der Waals surface area contributed by atoms with Crippen LogP contribution >= 0.6 is 0 Å². The molecule has 1 aromatic rings. The first kappa shape index (κ1) is 11.8. The van der Waals surface area contributed by atoms with Gasteiger partial charge in [0.15, 0.2) is 11.6 Å². The van der Waals surface area contributed by atoms with E-state index < -0.39 is 33.3 Å². The van der Waals surface area contributed by atoms with Crippen LogP contribution in [0.25, 0.3) is 0 Å². The Morgan fingerprint density at radius 2 is 1.80 bits per heavy atom. The molecule has 0 saturated carbocycles. The molecule has 0 spiro atoms. The van der Waals surface area contributed by atoms with Gasteiger partial charge < -0.3 is 4.18 Å². The predicted octanol–water partition coefficient (Wildman–Crippen LogP) is 1.90. The van der Waals surface area contributed by atoms with E-state index in [-0.39, 0.29) is 0 Å². The Bertz CT molecular complexity index is 457. The van der Waals surface area contributed by atoms with Gasteiger partial charge in [-0.15, -0.1) is 0 Å². The van der Waals surface area contributed by atoms with Gasteiger partial charge in [0.05, 0.1) is 0 Å². The quantitative estimate of drug-likeness (QED) is 0.602. The third kappa shape index (κ3) is 2.82. The van der Waals surface area contributed by atoms with Gasteiger partial charge >= 0.3 is 15.9 Å². The molecule has 0 fully saturated rings. The second kappa shape index (κ2) is 4.05. The molecule has 0 saturated heterocycles. The fraction of sp³-hybridized carbons (Fsp3) is 0.143. The van der Waals surface area contributed by atoms with Crippen LogP contribution in [0.4, 0.5) is 17.6 Å². The summed E-state index contributed by atoms with van der Waals surface area (Å²) in [5.41, 5.74) is 0. The molecule has 0 atom stereocenters. The minimum absolute atomic E-state index is 0.316. The number of alkyl halides is 2. The molecule has 0 bridgehead atoms. The van der Waals surface area contributed by atoms with E-state index in [2.05, 4.69) is 4.18 Å². The molecule has 8 heteroatoms. The molecule has 0 amide bonds. The Labute approximate surface area is 82.4 Å². The summed E-state index contributed by atoms with van der Waals surface area (Å²) < 4.78 is 73.5. The fourth-order valence-corrected chi connectivity index (χ4v) is 1.16. The Morgan fingerprint density at radius 1 is 1.20 bits per heavy atom. The minimum atomic E-state index is -5.18. The fourth-order valence-electron chi connectivity index (χ4n) is 0.704. The van der Waals surface area contributed by atoms with Crippen molar-refractivity contribution in [3.05, 3.63) is 29.8 Å². The van der Waals surface area contributed by atoms with Crippen molar-refractivity contribution in [2.75, 3.05) is 0 Å². The maximum atomic E-state index is 12.8. The van der Waals surface area contributed by atoms with Crippen LogP contribution in [-0.2, 0) is 10.1 Å². The van der Waals surface area contributed by atoms with Gasteiger partial charge in [-0.2, -0.15) is 17.2 Å². The Morgan fingerprint density at radius 3 is 2.27 bits per heavy atom. The van der Waals surface area contributed by atoms with Gasteiger partial charge in [0.1, 0.15) is 5.82 Å². The maximum Gasteiger partial charge on any atom is 0.373 e. The van der Waals surface area contributed by atoms with Crippen molar-refractivity contribution >= 4 is 10.1 Å². The molecule has 15 heavy (non-hydrogen) atoms. The van der Waals surface area contributed by atoms with E-state index in [4.69, 9.17) is 0 Å². The van der Waals surface area contributed by atoms with Crippen molar-refractivity contribution in [1.29, 1.82) is 0 Å². The molecule has 1 rings (SSSR count). The van der Waals surface area contributed by atoms with Crippen LogP contribution in [-0.4, -0.2) is 14.2 Å². The molecule has 0 aromatic heterocycles. The third-order valence-electron chi connectivity index (χ3n) is 1.32. The van der Waals surface area contributed by atoms with Gasteiger partial charge in [-0.25, -0.2) is 8.78 Å². The van der Waals surface area contributed by atoms with Crippen molar-refractivity contribution in [2.24, 2.45) is 0 Å². The van der Waals surface area contributed by atoms with Crippen molar-refractivity contribution in [3.8, 4) is 5.75 Å². The highest BCUT2D eigenvalue weighted by atomic mass is 32.2. The summed E-state index contributed by atoms with van der Waals surface area (Å²) in [6, 6.07) is 1.60. The van der Waals surface area contributed by atoms with E-state index >= 15 is 0 Å². The van der Waals surface area contributed by atoms with E-state index in [0.717, 1.165) is 0 Å². The third-order valence-corrected chi connectivity index (χ3v) is 2.17. The molecule has 3 nitrogen and oxygen atoms in total. The van der Waals surface area contributed by atoms with E-state index in [9.17, 15) is 26.0 Å². The lowest BCUT2D eigenvalue weighted by molar-refractivity contribution is 0.219. The highest BCUT2D eigenvalue weighted by molar-refractivity contribution is 7.87. The predicted molar refractivity (Wildman–Crippen MR) is 41.9 cm³/mol. The van der Waals surface area contributed by atoms with Gasteiger partial charge in [-0.05, 0) is 12.1 Å². The Balaban J connectivity index is 3.01. The number of halogens is 4. The zero-order valence-corrected chi connectivity index (χ0v) is 7.77. The first-order chi connectivity index (χ1) is 6.83. The standard InChI is InChI=1S/C7H4F4O3S/c8-4-1-2-6(5(9)3-4)14-15(12,13)7(10)11/h1-3,7H. The topological polar surface area (TPSA) is 43.4 Å². The van der Waals surface area contributed by atoms with Crippen LogP contribution < -0.4 is 4.18 Å². The van der Waals surface area contributed by atoms with Crippen LogP contribution in [0.5, 0.6) is 5.75 Å². The highest BCUT2D eigenvalue weighted by Crippen LogP contribution is 2.21. The molecule has 1 aromatic carbocycles. The maximum absolute atomic E-state index is 12.8. The summed E-state index contributed by atoms with van der Waals surface area (Å²) >= 11 is 0. The SMILES string of the molecule is O=S(=O)(Oc1ccc(F)cc1F)C(F)F. The van der Waals surface area contributed by atoms with E-state index in [1.54, 1.807) is 0 Å². The molecule has 0 aliphatic rings. The van der Waals surface area contributed by atoms with Crippen LogP contribution in [0.3, 0.4) is 0 Å². The lowest BCUT2D eigenvalue weighted by Gasteiger charge is -2.06. The first-order valence-corrected chi connectivity index (χ1v) is 4.96. The average molecular weight is 244 g/mol. The normalized spacial score (nSPS) is 11.8. The molecular weight excluding hydrogens is 240 g/mol. The summed E-state index contributed by atoms with van der Waals surface area (Å²) in [5, 5.41) is 0. The monoisotopic (exact) mass is 244 g/mol. The minimum Gasteiger partial charge on any atom is -0.375 e. The molecule has 0 heterocycles. The molecule has 84 valence electrons. The molecule has 0 aliphatic carbocycles. The Kier molecular flexibility index (Phi) is 3.18. The van der Waals surface area contributed by atoms with Crippen LogP contribution in [0.2, 0.25) is 0 Å². The van der Waals surface area contributed by atoms with Crippen molar-refractivity contribution < 1.29 is 30.2 Å². The summed E-state index contributed by atoms with van der Waals surface area (Å²) in [7, 11) is -5.18. The second-order valence-corrected chi connectivity index (χ2v) is 3.92. The summed E-state index contributed by atoms with van der Waals surface area (Å²) in [4.78, 5) is 0. The molecule has 0 N–H and O–H groups in total. The van der Waals surface area contributed by atoms with Gasteiger partial charge in [0.25, 0.3) is 0 Å². The lowest BCUT2D eigenvalue weighted by Crippen LogP contribution is -2.18. The lowest BCUT2D eigenvalue weighted by atomic mass is 10.3. The second-order valence-electron chi connectivity index (χ2n) is 2.41.